The second-order valence-electron chi connectivity index (χ2n) is 3.15. The van der Waals surface area contributed by atoms with Crippen LogP contribution in [0.4, 0.5) is 8.78 Å². The van der Waals surface area contributed by atoms with E-state index in [1.807, 2.05) is 0 Å². The third-order valence-corrected chi connectivity index (χ3v) is 2.37. The van der Waals surface area contributed by atoms with E-state index in [0.717, 1.165) is 0 Å². The molecule has 0 aromatic rings. The van der Waals surface area contributed by atoms with Crippen LogP contribution in [0.25, 0.3) is 0 Å². The fourth-order valence-corrected chi connectivity index (χ4v) is 1.82. The molecule has 0 radical (unpaired) electrons. The van der Waals surface area contributed by atoms with Crippen LogP contribution in [-0.4, -0.2) is 17.7 Å². The quantitative estimate of drug-likeness (QED) is 0.531. The van der Waals surface area contributed by atoms with Crippen molar-refractivity contribution < 1.29 is 13.6 Å². The fraction of sp³-hybridized carbons (Fsp3) is 0.857. The van der Waals surface area contributed by atoms with E-state index in [1.165, 1.54) is 0 Å². The maximum Gasteiger partial charge on any atom is 0.260 e. The lowest BCUT2D eigenvalue weighted by Gasteiger charge is -2.15. The van der Waals surface area contributed by atoms with Crippen LogP contribution in [0.1, 0.15) is 19.8 Å². The highest BCUT2D eigenvalue weighted by atomic mass is 19.3. The van der Waals surface area contributed by atoms with Crippen LogP contribution in [0.5, 0.6) is 0 Å². The van der Waals surface area contributed by atoms with Crippen LogP contribution >= 0.6 is 0 Å². The van der Waals surface area contributed by atoms with Gasteiger partial charge in [-0.1, -0.05) is 5.16 Å². The van der Waals surface area contributed by atoms with Crippen molar-refractivity contribution in [3.05, 3.63) is 0 Å². The number of fused-ring (bicyclic) bond motifs is 1. The van der Waals surface area contributed by atoms with Crippen LogP contribution in [-0.2, 0) is 4.84 Å². The first-order chi connectivity index (χ1) is 5.11. The highest BCUT2D eigenvalue weighted by Crippen LogP contribution is 2.45. The number of hydrogen-bond acceptors (Lipinski definition) is 2. The van der Waals surface area contributed by atoms with Gasteiger partial charge in [0.2, 0.25) is 0 Å². The molecule has 2 rings (SSSR count). The van der Waals surface area contributed by atoms with Crippen molar-refractivity contribution in [1.82, 2.24) is 0 Å². The minimum atomic E-state index is -2.59. The van der Waals surface area contributed by atoms with Gasteiger partial charge in [-0.3, -0.25) is 0 Å². The molecule has 2 atom stereocenters. The Kier molecular flexibility index (Phi) is 1.23. The Labute approximate surface area is 63.2 Å². The van der Waals surface area contributed by atoms with Gasteiger partial charge in [-0.2, -0.15) is 0 Å². The largest absolute Gasteiger partial charge is 0.392 e. The number of oxime groups is 1. The number of halogens is 2. The molecule has 2 nitrogen and oxygen atoms in total. The lowest BCUT2D eigenvalue weighted by Crippen LogP contribution is -2.30. The molecule has 0 aromatic heterocycles. The van der Waals surface area contributed by atoms with Gasteiger partial charge >= 0.3 is 0 Å². The first-order valence-electron chi connectivity index (χ1n) is 3.69. The molecule has 11 heavy (non-hydrogen) atoms. The monoisotopic (exact) mass is 161 g/mol. The predicted octanol–water partition coefficient (Wildman–Crippen LogP) is 1.81. The number of nitrogens with zero attached hydrogens (tertiary/aromatic N) is 1. The van der Waals surface area contributed by atoms with E-state index in [9.17, 15) is 8.78 Å². The summed E-state index contributed by atoms with van der Waals surface area (Å²) < 4.78 is 26.0. The Morgan fingerprint density at radius 1 is 1.64 bits per heavy atom. The first kappa shape index (κ1) is 7.00. The molecular formula is C7H9F2NO. The first-order valence-corrected chi connectivity index (χ1v) is 3.69. The van der Waals surface area contributed by atoms with Crippen molar-refractivity contribution in [1.29, 1.82) is 0 Å². The third kappa shape index (κ3) is 0.847. The van der Waals surface area contributed by atoms with Gasteiger partial charge in [0.1, 0.15) is 12.0 Å². The molecule has 0 aromatic carbocycles. The molecule has 0 bridgehead atoms. The highest BCUT2D eigenvalue weighted by Gasteiger charge is 2.55. The molecule has 1 fully saturated rings. The van der Waals surface area contributed by atoms with Gasteiger partial charge in [-0.05, 0) is 13.3 Å². The van der Waals surface area contributed by atoms with Crippen LogP contribution in [0.2, 0.25) is 0 Å². The van der Waals surface area contributed by atoms with E-state index >= 15 is 0 Å². The second-order valence-corrected chi connectivity index (χ2v) is 3.15. The molecule has 1 aliphatic carbocycles. The fourth-order valence-electron chi connectivity index (χ4n) is 1.82. The van der Waals surface area contributed by atoms with Crippen molar-refractivity contribution in [3.8, 4) is 0 Å². The van der Waals surface area contributed by atoms with Gasteiger partial charge in [-0.15, -0.1) is 0 Å². The summed E-state index contributed by atoms with van der Waals surface area (Å²) in [5, 5.41) is 3.55. The van der Waals surface area contributed by atoms with Crippen molar-refractivity contribution in [3.63, 3.8) is 0 Å². The Bertz CT molecular complexity index is 214. The summed E-state index contributed by atoms with van der Waals surface area (Å²) in [6, 6.07) is 0. The summed E-state index contributed by atoms with van der Waals surface area (Å²) >= 11 is 0. The molecule has 0 unspecified atom stereocenters. The Balaban J connectivity index is 2.28. The molecule has 1 aliphatic heterocycles. The highest BCUT2D eigenvalue weighted by molar-refractivity contribution is 5.86. The molecule has 2 aliphatic rings. The minimum absolute atomic E-state index is 0.0603. The predicted molar refractivity (Wildman–Crippen MR) is 35.7 cm³/mol. The Morgan fingerprint density at radius 2 is 2.36 bits per heavy atom. The maximum atomic E-state index is 13.0. The molecule has 4 heteroatoms. The average Bonchev–Trinajstić information content (AvgIpc) is 2.38. The van der Waals surface area contributed by atoms with Crippen LogP contribution < -0.4 is 0 Å². The van der Waals surface area contributed by atoms with Crippen molar-refractivity contribution in [2.24, 2.45) is 11.1 Å². The van der Waals surface area contributed by atoms with Gasteiger partial charge in [0.05, 0.1) is 5.71 Å². The summed E-state index contributed by atoms with van der Waals surface area (Å²) in [4.78, 5) is 4.83. The standard InChI is InChI=1S/C7H9F2NO/c1-4-6-5(11-10-4)2-3-7(6,8)9/h5-6H,2-3H2,1H3/t5-,6-/m1/s1. The molecule has 0 N–H and O–H groups in total. The number of hydrogen-bond donors (Lipinski definition) is 0. The molecule has 1 saturated carbocycles. The summed E-state index contributed by atoms with van der Waals surface area (Å²) in [5.41, 5.74) is 0.442. The zero-order valence-corrected chi connectivity index (χ0v) is 6.18. The SMILES string of the molecule is CC1=NO[C@@H]2CCC(F)(F)[C@H]12. The van der Waals surface area contributed by atoms with Gasteiger partial charge in [0.25, 0.3) is 5.92 Å². The molecule has 62 valence electrons. The van der Waals surface area contributed by atoms with E-state index in [0.29, 0.717) is 12.1 Å². The van der Waals surface area contributed by atoms with Crippen LogP contribution in [0, 0.1) is 5.92 Å². The normalized spacial score (nSPS) is 39.7. The Morgan fingerprint density at radius 3 is 3.00 bits per heavy atom. The van der Waals surface area contributed by atoms with Gasteiger partial charge in [-0.25, -0.2) is 8.78 Å². The van der Waals surface area contributed by atoms with Crippen molar-refractivity contribution >= 4 is 5.71 Å². The van der Waals surface area contributed by atoms with Crippen LogP contribution in [0.3, 0.4) is 0 Å². The summed E-state index contributed by atoms with van der Waals surface area (Å²) in [6.07, 6.45) is 0.0123. The zero-order chi connectivity index (χ0) is 8.06. The van der Waals surface area contributed by atoms with Crippen molar-refractivity contribution in [2.75, 3.05) is 0 Å². The lowest BCUT2D eigenvalue weighted by molar-refractivity contribution is -0.0325. The Hall–Kier alpha value is -0.670. The molecule has 0 saturated heterocycles. The summed E-state index contributed by atoms with van der Waals surface area (Å²) in [6.45, 7) is 1.60. The van der Waals surface area contributed by atoms with E-state index in [2.05, 4.69) is 5.16 Å². The molecule has 0 spiro atoms. The van der Waals surface area contributed by atoms with E-state index in [-0.39, 0.29) is 12.5 Å². The summed E-state index contributed by atoms with van der Waals surface area (Å²) in [5.74, 6) is -3.34. The zero-order valence-electron chi connectivity index (χ0n) is 6.18. The minimum Gasteiger partial charge on any atom is -0.392 e. The maximum absolute atomic E-state index is 13.0. The third-order valence-electron chi connectivity index (χ3n) is 2.37. The van der Waals surface area contributed by atoms with Crippen LogP contribution in [0.15, 0.2) is 5.16 Å². The lowest BCUT2D eigenvalue weighted by atomic mass is 9.99. The van der Waals surface area contributed by atoms with Gasteiger partial charge in [0, 0.05) is 6.42 Å². The average molecular weight is 161 g/mol. The molecule has 1 heterocycles. The van der Waals surface area contributed by atoms with Gasteiger partial charge in [0.15, 0.2) is 0 Å². The van der Waals surface area contributed by atoms with E-state index < -0.39 is 11.8 Å². The van der Waals surface area contributed by atoms with E-state index in [4.69, 9.17) is 4.84 Å². The van der Waals surface area contributed by atoms with Gasteiger partial charge < -0.3 is 4.84 Å². The molecule has 0 amide bonds. The van der Waals surface area contributed by atoms with Crippen molar-refractivity contribution in [2.45, 2.75) is 31.8 Å². The number of alkyl halides is 2. The second kappa shape index (κ2) is 1.93. The molecular weight excluding hydrogens is 152 g/mol. The van der Waals surface area contributed by atoms with E-state index in [1.54, 1.807) is 6.92 Å². The summed E-state index contributed by atoms with van der Waals surface area (Å²) in [7, 11) is 0. The smallest absolute Gasteiger partial charge is 0.260 e. The number of rotatable bonds is 0. The topological polar surface area (TPSA) is 21.6 Å².